The molecule has 2 N–H and O–H groups in total. The second-order valence-corrected chi connectivity index (χ2v) is 7.82. The quantitative estimate of drug-likeness (QED) is 0.604. The first-order valence-electron chi connectivity index (χ1n) is 10.3. The Morgan fingerprint density at radius 1 is 1.13 bits per heavy atom. The predicted molar refractivity (Wildman–Crippen MR) is 114 cm³/mol. The van der Waals surface area contributed by atoms with E-state index in [1.165, 1.54) is 6.07 Å². The number of amides is 4. The minimum Gasteiger partial charge on any atom is -0.322 e. The van der Waals surface area contributed by atoms with Gasteiger partial charge in [0.25, 0.3) is 11.8 Å². The molecule has 164 valence electrons. The Bertz CT molecular complexity index is 953. The lowest BCUT2D eigenvalue weighted by molar-refractivity contribution is -0.139. The van der Waals surface area contributed by atoms with Gasteiger partial charge in [-0.15, -0.1) is 0 Å². The molecule has 1 aliphatic heterocycles. The van der Waals surface area contributed by atoms with Crippen molar-refractivity contribution in [2.75, 3.05) is 13.1 Å². The van der Waals surface area contributed by atoms with Gasteiger partial charge < -0.3 is 5.32 Å². The molecule has 7 nitrogen and oxygen atoms in total. The molecule has 1 unspecified atom stereocenters. The van der Waals surface area contributed by atoms with E-state index in [0.29, 0.717) is 24.9 Å². The van der Waals surface area contributed by atoms with Crippen molar-refractivity contribution in [1.29, 1.82) is 0 Å². The molecule has 8 heteroatoms. The molecule has 2 aromatic carbocycles. The van der Waals surface area contributed by atoms with Crippen LogP contribution in [0.3, 0.4) is 0 Å². The van der Waals surface area contributed by atoms with Crippen LogP contribution < -0.4 is 10.7 Å². The smallest absolute Gasteiger partial charge is 0.322 e. The van der Waals surface area contributed by atoms with Gasteiger partial charge in [0, 0.05) is 12.1 Å². The molecule has 1 atom stereocenters. The number of nitrogens with zero attached hydrogens (tertiary/aromatic N) is 2. The van der Waals surface area contributed by atoms with Crippen molar-refractivity contribution in [3.8, 4) is 0 Å². The summed E-state index contributed by atoms with van der Waals surface area (Å²) < 4.78 is 13.9. The van der Waals surface area contributed by atoms with Crippen molar-refractivity contribution < 1.29 is 18.8 Å². The van der Waals surface area contributed by atoms with Crippen molar-refractivity contribution in [3.05, 3.63) is 71.5 Å². The molecular weight excluding hydrogens is 399 g/mol. The fourth-order valence-electron chi connectivity index (χ4n) is 3.50. The second kappa shape index (κ2) is 9.70. The van der Waals surface area contributed by atoms with Crippen LogP contribution in [-0.2, 0) is 22.6 Å². The molecule has 1 fully saturated rings. The topological polar surface area (TPSA) is 81.8 Å². The van der Waals surface area contributed by atoms with E-state index in [1.807, 2.05) is 37.3 Å². The van der Waals surface area contributed by atoms with E-state index >= 15 is 0 Å². The molecule has 1 aliphatic rings. The molecule has 0 bridgehead atoms. The number of halogens is 1. The fourth-order valence-corrected chi connectivity index (χ4v) is 3.50. The average Bonchev–Trinajstić information content (AvgIpc) is 2.97. The van der Waals surface area contributed by atoms with Crippen LogP contribution in [-0.4, -0.2) is 46.4 Å². The number of nitrogens with one attached hydrogen (secondary N) is 2. The zero-order chi connectivity index (χ0) is 22.4. The number of benzene rings is 2. The zero-order valence-electron chi connectivity index (χ0n) is 17.7. The molecule has 0 aliphatic carbocycles. The molecule has 1 heterocycles. The third kappa shape index (κ3) is 5.46. The molecule has 4 amide bonds. The summed E-state index contributed by atoms with van der Waals surface area (Å²) in [6.45, 7) is 4.16. The number of carbonyl (C=O) groups excluding carboxylic acids is 3. The number of hydrogen-bond donors (Lipinski definition) is 2. The summed E-state index contributed by atoms with van der Waals surface area (Å²) in [4.78, 5) is 39.4. The van der Waals surface area contributed by atoms with Gasteiger partial charge in [-0.25, -0.2) is 9.18 Å². The Morgan fingerprint density at radius 3 is 2.48 bits per heavy atom. The van der Waals surface area contributed by atoms with E-state index in [2.05, 4.69) is 10.7 Å². The van der Waals surface area contributed by atoms with Gasteiger partial charge in [0.15, 0.2) is 0 Å². The number of urea groups is 1. The van der Waals surface area contributed by atoms with Crippen molar-refractivity contribution in [3.63, 3.8) is 0 Å². The highest BCUT2D eigenvalue weighted by atomic mass is 19.1. The molecule has 1 saturated heterocycles. The van der Waals surface area contributed by atoms with Crippen LogP contribution in [0.1, 0.15) is 31.4 Å². The highest BCUT2D eigenvalue weighted by molar-refractivity contribution is 6.07. The van der Waals surface area contributed by atoms with Crippen LogP contribution in [0.4, 0.5) is 9.18 Å². The first-order valence-corrected chi connectivity index (χ1v) is 10.3. The number of carbonyl (C=O) groups is 3. The lowest BCUT2D eigenvalue weighted by atomic mass is 9.93. The minimum absolute atomic E-state index is 0.0807. The summed E-state index contributed by atoms with van der Waals surface area (Å²) in [6.07, 6.45) is 1.01. The van der Waals surface area contributed by atoms with Crippen LogP contribution in [0, 0.1) is 5.82 Å². The molecule has 31 heavy (non-hydrogen) atoms. The predicted octanol–water partition coefficient (Wildman–Crippen LogP) is 2.62. The maximum absolute atomic E-state index is 13.9. The zero-order valence-corrected chi connectivity index (χ0v) is 17.7. The van der Waals surface area contributed by atoms with E-state index in [0.717, 1.165) is 10.6 Å². The molecule has 0 radical (unpaired) electrons. The van der Waals surface area contributed by atoms with Crippen molar-refractivity contribution in [2.45, 2.75) is 38.8 Å². The lowest BCUT2D eigenvalue weighted by Gasteiger charge is -2.23. The van der Waals surface area contributed by atoms with Gasteiger partial charge in [0.1, 0.15) is 11.4 Å². The highest BCUT2D eigenvalue weighted by Crippen LogP contribution is 2.22. The fraction of sp³-hybridized carbons (Fsp3) is 0.348. The summed E-state index contributed by atoms with van der Waals surface area (Å²) in [5.41, 5.74) is 2.82. The molecular formula is C23H27FN4O3. The Kier molecular flexibility index (Phi) is 7.02. The summed E-state index contributed by atoms with van der Waals surface area (Å²) >= 11 is 0. The van der Waals surface area contributed by atoms with Crippen LogP contribution >= 0.6 is 0 Å². The standard InChI is InChI=1S/C23H27FN4O3/c1-3-27(15-18-11-7-8-12-19(18)24)16-20(29)26-28-21(30)23(2,25-22(28)31)14-13-17-9-5-4-6-10-17/h4-12H,3,13-16H2,1-2H3,(H,25,31)(H,26,29). The van der Waals surface area contributed by atoms with Crippen LogP contribution in [0.5, 0.6) is 0 Å². The first-order chi connectivity index (χ1) is 14.8. The molecule has 0 saturated carbocycles. The molecule has 0 aromatic heterocycles. The number of hydrogen-bond acceptors (Lipinski definition) is 4. The van der Waals surface area contributed by atoms with Crippen molar-refractivity contribution in [1.82, 2.24) is 20.7 Å². The van der Waals surface area contributed by atoms with Crippen molar-refractivity contribution in [2.24, 2.45) is 0 Å². The largest absolute Gasteiger partial charge is 0.344 e. The Labute approximate surface area is 181 Å². The highest BCUT2D eigenvalue weighted by Gasteiger charge is 2.48. The van der Waals surface area contributed by atoms with E-state index in [4.69, 9.17) is 0 Å². The van der Waals surface area contributed by atoms with E-state index in [9.17, 15) is 18.8 Å². The van der Waals surface area contributed by atoms with E-state index < -0.39 is 23.4 Å². The van der Waals surface area contributed by atoms with Gasteiger partial charge in [-0.3, -0.25) is 19.9 Å². The Balaban J connectivity index is 1.58. The number of rotatable bonds is 9. The number of hydrazine groups is 1. The molecule has 0 spiro atoms. The maximum atomic E-state index is 13.9. The van der Waals surface area contributed by atoms with Gasteiger partial charge >= 0.3 is 6.03 Å². The second-order valence-electron chi connectivity index (χ2n) is 7.82. The van der Waals surface area contributed by atoms with Gasteiger partial charge in [-0.2, -0.15) is 5.01 Å². The van der Waals surface area contributed by atoms with E-state index in [1.54, 1.807) is 30.0 Å². The van der Waals surface area contributed by atoms with Gasteiger partial charge in [-0.1, -0.05) is 55.5 Å². The average molecular weight is 426 g/mol. The number of aryl methyl sites for hydroxylation is 1. The summed E-state index contributed by atoms with van der Waals surface area (Å²) in [7, 11) is 0. The third-order valence-electron chi connectivity index (χ3n) is 5.42. The van der Waals surface area contributed by atoms with E-state index in [-0.39, 0.29) is 18.9 Å². The third-order valence-corrected chi connectivity index (χ3v) is 5.42. The molecule has 3 rings (SSSR count). The monoisotopic (exact) mass is 426 g/mol. The van der Waals surface area contributed by atoms with Gasteiger partial charge in [-0.05, 0) is 37.9 Å². The van der Waals surface area contributed by atoms with Crippen LogP contribution in [0.15, 0.2) is 54.6 Å². The van der Waals surface area contributed by atoms with Gasteiger partial charge in [0.2, 0.25) is 0 Å². The van der Waals surface area contributed by atoms with Crippen molar-refractivity contribution >= 4 is 17.8 Å². The summed E-state index contributed by atoms with van der Waals surface area (Å²) in [6, 6.07) is 15.4. The van der Waals surface area contributed by atoms with Crippen LogP contribution in [0.25, 0.3) is 0 Å². The van der Waals surface area contributed by atoms with Gasteiger partial charge in [0.05, 0.1) is 6.54 Å². The van der Waals surface area contributed by atoms with Crippen LogP contribution in [0.2, 0.25) is 0 Å². The summed E-state index contributed by atoms with van der Waals surface area (Å²) in [5, 5.41) is 3.42. The minimum atomic E-state index is -1.10. The number of imide groups is 1. The first kappa shape index (κ1) is 22.4. The normalized spacial score (nSPS) is 18.4. The maximum Gasteiger partial charge on any atom is 0.344 e. The SMILES string of the molecule is CCN(CC(=O)NN1C(=O)NC(C)(CCc2ccccc2)C1=O)Cc1ccccc1F. The lowest BCUT2D eigenvalue weighted by Crippen LogP contribution is -2.51. The number of likely N-dealkylation sites (N-methyl/N-ethyl adjacent to an activating group) is 1. The summed E-state index contributed by atoms with van der Waals surface area (Å²) in [5.74, 6) is -1.36. The Morgan fingerprint density at radius 2 is 1.81 bits per heavy atom. The Hall–Kier alpha value is -3.26. The molecule has 2 aromatic rings.